The molecule has 2 aromatic carbocycles. The number of hydrogen-bond donors (Lipinski definition) is 0. The van der Waals surface area contributed by atoms with Crippen LogP contribution >= 0.6 is 11.8 Å². The Morgan fingerprint density at radius 1 is 0.969 bits per heavy atom. The fourth-order valence-electron chi connectivity index (χ4n) is 3.18. The standard InChI is InChI=1S/C23H28F3NO4S/c1-5-12-32-21-14-19(30-3)16(13-20(21)31-4)10-11-27(22(28)23(24,25)26)15-17-8-6-7-9-18(17)29-2/h6-9,13-14H,5,10-12,15H2,1-4H3. The van der Waals surface area contributed by atoms with E-state index in [1.54, 1.807) is 49.2 Å². The van der Waals surface area contributed by atoms with Crippen molar-refractivity contribution in [2.75, 3.05) is 33.6 Å². The van der Waals surface area contributed by atoms with E-state index in [4.69, 9.17) is 14.2 Å². The van der Waals surface area contributed by atoms with Gasteiger partial charge in [-0.25, -0.2) is 0 Å². The summed E-state index contributed by atoms with van der Waals surface area (Å²) < 4.78 is 56.0. The van der Waals surface area contributed by atoms with Crippen molar-refractivity contribution in [2.24, 2.45) is 0 Å². The highest BCUT2D eigenvalue weighted by Crippen LogP contribution is 2.36. The first-order valence-electron chi connectivity index (χ1n) is 10.1. The molecule has 0 fully saturated rings. The lowest BCUT2D eigenvalue weighted by Gasteiger charge is -2.25. The molecule has 0 aliphatic carbocycles. The zero-order valence-corrected chi connectivity index (χ0v) is 19.4. The minimum absolute atomic E-state index is 0.155. The first-order chi connectivity index (χ1) is 15.2. The minimum Gasteiger partial charge on any atom is -0.496 e. The second kappa shape index (κ2) is 11.9. The third kappa shape index (κ3) is 6.72. The number of carbonyl (C=O) groups is 1. The molecule has 0 aromatic heterocycles. The van der Waals surface area contributed by atoms with Gasteiger partial charge in [-0.3, -0.25) is 4.79 Å². The van der Waals surface area contributed by atoms with Crippen LogP contribution in [0.1, 0.15) is 24.5 Å². The highest BCUT2D eigenvalue weighted by molar-refractivity contribution is 7.99. The third-order valence-electron chi connectivity index (χ3n) is 4.76. The quantitative estimate of drug-likeness (QED) is 0.414. The first kappa shape index (κ1) is 25.7. The van der Waals surface area contributed by atoms with Gasteiger partial charge in [-0.2, -0.15) is 13.2 Å². The molecule has 0 saturated carbocycles. The zero-order chi connectivity index (χ0) is 23.7. The Morgan fingerprint density at radius 2 is 1.62 bits per heavy atom. The van der Waals surface area contributed by atoms with Crippen LogP contribution < -0.4 is 14.2 Å². The molecular formula is C23H28F3NO4S. The van der Waals surface area contributed by atoms with E-state index in [1.807, 2.05) is 6.07 Å². The molecule has 9 heteroatoms. The predicted octanol–water partition coefficient (Wildman–Crippen LogP) is 5.35. The molecule has 0 radical (unpaired) electrons. The molecule has 1 amide bonds. The smallest absolute Gasteiger partial charge is 0.471 e. The molecular weight excluding hydrogens is 443 g/mol. The van der Waals surface area contributed by atoms with Crippen LogP contribution in [0, 0.1) is 0 Å². The number of amides is 1. The minimum atomic E-state index is -4.98. The van der Waals surface area contributed by atoms with Gasteiger partial charge in [0.2, 0.25) is 0 Å². The van der Waals surface area contributed by atoms with E-state index in [0.29, 0.717) is 28.4 Å². The molecule has 0 aliphatic rings. The van der Waals surface area contributed by atoms with Crippen LogP contribution in [0.4, 0.5) is 13.2 Å². The number of halogens is 3. The molecule has 32 heavy (non-hydrogen) atoms. The number of methoxy groups -OCH3 is 3. The van der Waals surface area contributed by atoms with Crippen LogP contribution in [0.15, 0.2) is 41.3 Å². The highest BCUT2D eigenvalue weighted by atomic mass is 32.2. The molecule has 176 valence electrons. The maximum Gasteiger partial charge on any atom is 0.471 e. The zero-order valence-electron chi connectivity index (χ0n) is 18.6. The summed E-state index contributed by atoms with van der Waals surface area (Å²) in [5.41, 5.74) is 1.15. The lowest BCUT2D eigenvalue weighted by Crippen LogP contribution is -2.41. The number of para-hydroxylation sites is 1. The van der Waals surface area contributed by atoms with Crippen molar-refractivity contribution in [1.29, 1.82) is 0 Å². The molecule has 0 bridgehead atoms. The second-order valence-electron chi connectivity index (χ2n) is 6.95. The summed E-state index contributed by atoms with van der Waals surface area (Å²) in [6, 6.07) is 10.3. The normalized spacial score (nSPS) is 11.2. The summed E-state index contributed by atoms with van der Waals surface area (Å²) in [7, 11) is 4.49. The Kier molecular flexibility index (Phi) is 9.56. The van der Waals surface area contributed by atoms with E-state index in [1.165, 1.54) is 14.2 Å². The summed E-state index contributed by atoms with van der Waals surface area (Å²) in [5.74, 6) is 0.582. The van der Waals surface area contributed by atoms with Crippen molar-refractivity contribution >= 4 is 17.7 Å². The number of rotatable bonds is 11. The average Bonchev–Trinajstić information content (AvgIpc) is 2.79. The largest absolute Gasteiger partial charge is 0.496 e. The van der Waals surface area contributed by atoms with Gasteiger partial charge in [-0.05, 0) is 42.4 Å². The van der Waals surface area contributed by atoms with Crippen LogP contribution in [0.2, 0.25) is 0 Å². The average molecular weight is 472 g/mol. The summed E-state index contributed by atoms with van der Waals surface area (Å²) >= 11 is 1.62. The van der Waals surface area contributed by atoms with Crippen LogP contribution in [0.25, 0.3) is 0 Å². The number of alkyl halides is 3. The van der Waals surface area contributed by atoms with E-state index in [2.05, 4.69) is 6.92 Å². The van der Waals surface area contributed by atoms with E-state index >= 15 is 0 Å². The Balaban J connectivity index is 2.31. The maximum absolute atomic E-state index is 13.3. The van der Waals surface area contributed by atoms with Crippen molar-refractivity contribution in [3.8, 4) is 17.2 Å². The monoisotopic (exact) mass is 471 g/mol. The Labute approximate surface area is 190 Å². The molecule has 0 atom stereocenters. The van der Waals surface area contributed by atoms with Gasteiger partial charge in [0.25, 0.3) is 0 Å². The number of nitrogens with zero attached hydrogens (tertiary/aromatic N) is 1. The molecule has 2 rings (SSSR count). The lowest BCUT2D eigenvalue weighted by atomic mass is 10.1. The molecule has 0 heterocycles. The number of carbonyl (C=O) groups excluding carboxylic acids is 1. The number of thioether (sulfide) groups is 1. The maximum atomic E-state index is 13.3. The van der Waals surface area contributed by atoms with Gasteiger partial charge in [0.1, 0.15) is 17.2 Å². The molecule has 0 unspecified atom stereocenters. The number of hydrogen-bond acceptors (Lipinski definition) is 5. The molecule has 2 aromatic rings. The van der Waals surface area contributed by atoms with Gasteiger partial charge < -0.3 is 19.1 Å². The van der Waals surface area contributed by atoms with Crippen LogP contribution in [0.3, 0.4) is 0 Å². The molecule has 0 aliphatic heterocycles. The Hall–Kier alpha value is -2.55. The fourth-order valence-corrected chi connectivity index (χ4v) is 4.08. The van der Waals surface area contributed by atoms with Gasteiger partial charge in [0.05, 0.1) is 26.2 Å². The third-order valence-corrected chi connectivity index (χ3v) is 6.01. The predicted molar refractivity (Wildman–Crippen MR) is 119 cm³/mol. The van der Waals surface area contributed by atoms with Crippen molar-refractivity contribution < 1.29 is 32.2 Å². The van der Waals surface area contributed by atoms with Gasteiger partial charge in [-0.15, -0.1) is 11.8 Å². The van der Waals surface area contributed by atoms with Crippen molar-refractivity contribution in [3.63, 3.8) is 0 Å². The van der Waals surface area contributed by atoms with Crippen LogP contribution in [0.5, 0.6) is 17.2 Å². The van der Waals surface area contributed by atoms with Crippen LogP contribution in [-0.4, -0.2) is 50.6 Å². The van der Waals surface area contributed by atoms with Crippen molar-refractivity contribution in [2.45, 2.75) is 37.4 Å². The second-order valence-corrected chi connectivity index (χ2v) is 8.09. The van der Waals surface area contributed by atoms with Gasteiger partial charge >= 0.3 is 12.1 Å². The number of benzene rings is 2. The van der Waals surface area contributed by atoms with Gasteiger partial charge in [-0.1, -0.05) is 25.1 Å². The topological polar surface area (TPSA) is 48.0 Å². The molecule has 5 nitrogen and oxygen atoms in total. The van der Waals surface area contributed by atoms with Gasteiger partial charge in [0.15, 0.2) is 0 Å². The summed E-state index contributed by atoms with van der Waals surface area (Å²) in [6.07, 6.45) is -3.84. The van der Waals surface area contributed by atoms with Crippen LogP contribution in [-0.2, 0) is 17.8 Å². The Bertz CT molecular complexity index is 905. The molecule has 0 N–H and O–H groups in total. The summed E-state index contributed by atoms with van der Waals surface area (Å²) in [4.78, 5) is 13.8. The SMILES string of the molecule is CCCSc1cc(OC)c(CCN(Cc2ccccc2OC)C(=O)C(F)(F)F)cc1OC. The summed E-state index contributed by atoms with van der Waals surface area (Å²) in [6.45, 7) is 1.68. The number of ether oxygens (including phenoxy) is 3. The van der Waals surface area contributed by atoms with E-state index in [9.17, 15) is 18.0 Å². The molecule has 0 spiro atoms. The van der Waals surface area contributed by atoms with E-state index < -0.39 is 12.1 Å². The van der Waals surface area contributed by atoms with E-state index in [-0.39, 0.29) is 19.5 Å². The van der Waals surface area contributed by atoms with E-state index in [0.717, 1.165) is 22.0 Å². The fraction of sp³-hybridized carbons (Fsp3) is 0.435. The highest BCUT2D eigenvalue weighted by Gasteiger charge is 2.42. The first-order valence-corrected chi connectivity index (χ1v) is 11.1. The Morgan fingerprint density at radius 3 is 2.22 bits per heavy atom. The lowest BCUT2D eigenvalue weighted by molar-refractivity contribution is -0.186. The van der Waals surface area contributed by atoms with Crippen molar-refractivity contribution in [1.82, 2.24) is 4.90 Å². The van der Waals surface area contributed by atoms with Gasteiger partial charge in [0, 0.05) is 18.7 Å². The summed E-state index contributed by atoms with van der Waals surface area (Å²) in [5, 5.41) is 0. The molecule has 0 saturated heterocycles. The van der Waals surface area contributed by atoms with Crippen molar-refractivity contribution in [3.05, 3.63) is 47.5 Å².